The third kappa shape index (κ3) is 4.93. The smallest absolute Gasteiger partial charge is 0.220 e. The highest BCUT2D eigenvalue weighted by atomic mass is 16.5. The Morgan fingerprint density at radius 3 is 2.43 bits per heavy atom. The van der Waals surface area contributed by atoms with Crippen molar-refractivity contribution in [1.29, 1.82) is 0 Å². The molecule has 1 saturated heterocycles. The molecule has 0 bridgehead atoms. The normalized spacial score (nSPS) is 23.5. The van der Waals surface area contributed by atoms with Gasteiger partial charge in [-0.2, -0.15) is 0 Å². The number of hydrogen-bond acceptors (Lipinski definition) is 3. The van der Waals surface area contributed by atoms with E-state index < -0.39 is 0 Å². The quantitative estimate of drug-likeness (QED) is 0.745. The van der Waals surface area contributed by atoms with Crippen molar-refractivity contribution in [2.24, 2.45) is 11.3 Å². The van der Waals surface area contributed by atoms with E-state index in [4.69, 9.17) is 4.74 Å². The largest absolute Gasteiger partial charge is 0.383 e. The fourth-order valence-corrected chi connectivity index (χ4v) is 3.89. The Morgan fingerprint density at radius 1 is 1.35 bits per heavy atom. The van der Waals surface area contributed by atoms with Crippen LogP contribution < -0.4 is 5.32 Å². The van der Waals surface area contributed by atoms with E-state index in [2.05, 4.69) is 37.9 Å². The van der Waals surface area contributed by atoms with Crippen molar-refractivity contribution in [1.82, 2.24) is 10.2 Å². The topological polar surface area (TPSA) is 41.6 Å². The van der Waals surface area contributed by atoms with Crippen molar-refractivity contribution in [3.05, 3.63) is 0 Å². The van der Waals surface area contributed by atoms with Gasteiger partial charge in [0.2, 0.25) is 5.91 Å². The van der Waals surface area contributed by atoms with Crippen LogP contribution in [0.3, 0.4) is 0 Å². The predicted molar refractivity (Wildman–Crippen MR) is 94.4 cm³/mol. The number of nitrogens with zero attached hydrogens (tertiary/aromatic N) is 1. The van der Waals surface area contributed by atoms with Crippen LogP contribution in [0.15, 0.2) is 0 Å². The van der Waals surface area contributed by atoms with Crippen LogP contribution in [0.2, 0.25) is 0 Å². The number of ether oxygens (including phenoxy) is 1. The fourth-order valence-electron chi connectivity index (χ4n) is 3.89. The van der Waals surface area contributed by atoms with Crippen LogP contribution in [0.1, 0.15) is 66.2 Å². The molecule has 0 spiro atoms. The van der Waals surface area contributed by atoms with E-state index in [9.17, 15) is 4.79 Å². The molecule has 2 rings (SSSR count). The summed E-state index contributed by atoms with van der Waals surface area (Å²) >= 11 is 0. The van der Waals surface area contributed by atoms with E-state index in [1.807, 2.05) is 0 Å². The van der Waals surface area contributed by atoms with Gasteiger partial charge in [-0.1, -0.05) is 27.2 Å². The number of nitrogens with one attached hydrogen (secondary N) is 1. The van der Waals surface area contributed by atoms with Crippen molar-refractivity contribution in [3.63, 3.8) is 0 Å². The molecule has 1 aliphatic heterocycles. The number of amides is 1. The van der Waals surface area contributed by atoms with Gasteiger partial charge in [-0.25, -0.2) is 0 Å². The zero-order valence-electron chi connectivity index (χ0n) is 15.8. The summed E-state index contributed by atoms with van der Waals surface area (Å²) in [6.45, 7) is 11.8. The molecule has 4 heteroatoms. The Balaban J connectivity index is 1.82. The Hall–Kier alpha value is -0.610. The molecule has 1 saturated carbocycles. The van der Waals surface area contributed by atoms with Crippen LogP contribution in [-0.4, -0.2) is 49.2 Å². The lowest BCUT2D eigenvalue weighted by Gasteiger charge is -2.39. The summed E-state index contributed by atoms with van der Waals surface area (Å²) in [5.74, 6) is 0.909. The Bertz CT molecular complexity index is 396. The van der Waals surface area contributed by atoms with Crippen LogP contribution in [0.25, 0.3) is 0 Å². The van der Waals surface area contributed by atoms with Gasteiger partial charge in [0.1, 0.15) is 0 Å². The molecule has 1 atom stereocenters. The van der Waals surface area contributed by atoms with Crippen LogP contribution in [0.4, 0.5) is 0 Å². The van der Waals surface area contributed by atoms with Crippen molar-refractivity contribution in [3.8, 4) is 0 Å². The molecule has 0 aromatic rings. The van der Waals surface area contributed by atoms with Crippen molar-refractivity contribution in [2.75, 3.05) is 26.8 Å². The van der Waals surface area contributed by atoms with Gasteiger partial charge < -0.3 is 10.1 Å². The van der Waals surface area contributed by atoms with Gasteiger partial charge in [0, 0.05) is 25.1 Å². The molecule has 2 fully saturated rings. The molecule has 2 aliphatic rings. The number of likely N-dealkylation sites (tertiary alicyclic amines) is 1. The first-order valence-electron chi connectivity index (χ1n) is 9.36. The molecule has 0 aromatic heterocycles. The van der Waals surface area contributed by atoms with E-state index in [0.717, 1.165) is 26.1 Å². The maximum atomic E-state index is 12.4. The van der Waals surface area contributed by atoms with E-state index in [1.54, 1.807) is 7.11 Å². The average molecular weight is 325 g/mol. The Kier molecular flexibility index (Phi) is 6.12. The highest BCUT2D eigenvalue weighted by Crippen LogP contribution is 2.47. The van der Waals surface area contributed by atoms with E-state index in [1.165, 1.54) is 25.7 Å². The molecule has 134 valence electrons. The van der Waals surface area contributed by atoms with E-state index in [0.29, 0.717) is 18.4 Å². The van der Waals surface area contributed by atoms with Gasteiger partial charge in [-0.3, -0.25) is 9.69 Å². The molecule has 23 heavy (non-hydrogen) atoms. The second kappa shape index (κ2) is 7.52. The molecular weight excluding hydrogens is 288 g/mol. The number of piperidine rings is 1. The van der Waals surface area contributed by atoms with Gasteiger partial charge in [0.15, 0.2) is 0 Å². The Morgan fingerprint density at radius 2 is 1.96 bits per heavy atom. The van der Waals surface area contributed by atoms with Crippen molar-refractivity contribution < 1.29 is 9.53 Å². The van der Waals surface area contributed by atoms with Crippen LogP contribution >= 0.6 is 0 Å². The Labute approximate surface area is 142 Å². The van der Waals surface area contributed by atoms with Gasteiger partial charge in [0.05, 0.1) is 6.61 Å². The lowest BCUT2D eigenvalue weighted by Crippen LogP contribution is -2.50. The SMILES string of the molecule is CCC(C)(C)CC(=O)NC1(C2CCN(C(C)COC)CC2)CC1. The number of methoxy groups -OCH3 is 1. The first-order chi connectivity index (χ1) is 10.8. The molecule has 4 nitrogen and oxygen atoms in total. The average Bonchev–Trinajstić information content (AvgIpc) is 3.27. The number of carbonyl (C=O) groups is 1. The fraction of sp³-hybridized carbons (Fsp3) is 0.947. The lowest BCUT2D eigenvalue weighted by atomic mass is 9.84. The summed E-state index contributed by atoms with van der Waals surface area (Å²) in [6.07, 6.45) is 6.43. The second-order valence-electron chi connectivity index (χ2n) is 8.51. The minimum Gasteiger partial charge on any atom is -0.383 e. The third-order valence-electron chi connectivity index (χ3n) is 6.12. The van der Waals surface area contributed by atoms with Crippen LogP contribution in [-0.2, 0) is 9.53 Å². The first-order valence-corrected chi connectivity index (χ1v) is 9.36. The summed E-state index contributed by atoms with van der Waals surface area (Å²) in [5, 5.41) is 3.41. The monoisotopic (exact) mass is 324 g/mol. The highest BCUT2D eigenvalue weighted by Gasteiger charge is 2.51. The lowest BCUT2D eigenvalue weighted by molar-refractivity contribution is -0.124. The van der Waals surface area contributed by atoms with Crippen molar-refractivity contribution >= 4 is 5.91 Å². The van der Waals surface area contributed by atoms with Gasteiger partial charge in [-0.05, 0) is 57.0 Å². The molecular formula is C19H36N2O2. The molecule has 1 amide bonds. The second-order valence-corrected chi connectivity index (χ2v) is 8.51. The van der Waals surface area contributed by atoms with Gasteiger partial charge in [0.25, 0.3) is 0 Å². The first kappa shape index (κ1) is 18.7. The third-order valence-corrected chi connectivity index (χ3v) is 6.12. The molecule has 1 aliphatic carbocycles. The summed E-state index contributed by atoms with van der Waals surface area (Å²) in [7, 11) is 1.77. The molecule has 1 unspecified atom stereocenters. The van der Waals surface area contributed by atoms with Gasteiger partial charge >= 0.3 is 0 Å². The van der Waals surface area contributed by atoms with E-state index >= 15 is 0 Å². The maximum absolute atomic E-state index is 12.4. The number of carbonyl (C=O) groups excluding carboxylic acids is 1. The zero-order chi connectivity index (χ0) is 17.1. The number of rotatable bonds is 8. The van der Waals surface area contributed by atoms with Crippen LogP contribution in [0, 0.1) is 11.3 Å². The standard InChI is InChI=1S/C19H36N2O2/c1-6-18(3,4)13-17(22)20-19(9-10-19)16-7-11-21(12-8-16)15(2)14-23-5/h15-16H,6-14H2,1-5H3,(H,20,22). The molecule has 0 radical (unpaired) electrons. The highest BCUT2D eigenvalue weighted by molar-refractivity contribution is 5.78. The minimum atomic E-state index is 0.110. The molecule has 0 aromatic carbocycles. The minimum absolute atomic E-state index is 0.110. The summed E-state index contributed by atoms with van der Waals surface area (Å²) < 4.78 is 5.27. The van der Waals surface area contributed by atoms with E-state index in [-0.39, 0.29) is 16.9 Å². The summed E-state index contributed by atoms with van der Waals surface area (Å²) in [6, 6.07) is 0.496. The van der Waals surface area contributed by atoms with Crippen molar-refractivity contribution in [2.45, 2.75) is 77.8 Å². The summed E-state index contributed by atoms with van der Waals surface area (Å²) in [5.41, 5.74) is 0.233. The van der Waals surface area contributed by atoms with Gasteiger partial charge in [-0.15, -0.1) is 0 Å². The predicted octanol–water partition coefficient (Wildman–Crippen LogP) is 3.21. The number of hydrogen-bond donors (Lipinski definition) is 1. The molecule has 1 N–H and O–H groups in total. The molecule has 1 heterocycles. The zero-order valence-corrected chi connectivity index (χ0v) is 15.8. The summed E-state index contributed by atoms with van der Waals surface area (Å²) in [4.78, 5) is 15.0. The maximum Gasteiger partial charge on any atom is 0.220 e. The van der Waals surface area contributed by atoms with Crippen LogP contribution in [0.5, 0.6) is 0 Å².